The fourth-order valence-electron chi connectivity index (χ4n) is 3.92. The number of fused-ring (bicyclic) bond motifs is 1. The van der Waals surface area contributed by atoms with Crippen LogP contribution in [0.15, 0.2) is 42.5 Å². The number of nitrogens with zero attached hydrogens (tertiary/aromatic N) is 3. The monoisotopic (exact) mass is 380 g/mol. The molecule has 144 valence electrons. The second-order valence-corrected chi connectivity index (χ2v) is 7.73. The van der Waals surface area contributed by atoms with Crippen molar-refractivity contribution >= 4 is 22.7 Å². The van der Waals surface area contributed by atoms with Crippen LogP contribution in [0.5, 0.6) is 0 Å². The second kappa shape index (κ2) is 7.10. The maximum absolute atomic E-state index is 9.79. The number of H-pyrrole nitrogens is 1. The predicted molar refractivity (Wildman–Crippen MR) is 119 cm³/mol. The van der Waals surface area contributed by atoms with Gasteiger partial charge < -0.3 is 9.55 Å². The molecule has 0 unspecified atom stereocenters. The van der Waals surface area contributed by atoms with Crippen molar-refractivity contribution in [1.82, 2.24) is 14.5 Å². The predicted octanol–water partition coefficient (Wildman–Crippen LogP) is 5.96. The summed E-state index contributed by atoms with van der Waals surface area (Å²) in [5, 5.41) is 9.79. The molecule has 2 aromatic carbocycles. The molecule has 0 atom stereocenters. The van der Waals surface area contributed by atoms with Crippen LogP contribution in [0.4, 0.5) is 0 Å². The number of nitrogens with one attached hydrogen (secondary N) is 1. The van der Waals surface area contributed by atoms with Gasteiger partial charge in [-0.2, -0.15) is 5.26 Å². The summed E-state index contributed by atoms with van der Waals surface area (Å²) in [5.74, 6) is 0.601. The lowest BCUT2D eigenvalue weighted by atomic mass is 10.1. The lowest BCUT2D eigenvalue weighted by Crippen LogP contribution is -2.01. The van der Waals surface area contributed by atoms with E-state index >= 15 is 0 Å². The van der Waals surface area contributed by atoms with Gasteiger partial charge in [-0.1, -0.05) is 23.8 Å². The average molecular weight is 380 g/mol. The normalized spacial score (nSPS) is 11.8. The summed E-state index contributed by atoms with van der Waals surface area (Å²) in [7, 11) is 0. The number of rotatable bonds is 3. The lowest BCUT2D eigenvalue weighted by molar-refractivity contribution is 0.952. The van der Waals surface area contributed by atoms with Crippen LogP contribution in [-0.4, -0.2) is 14.5 Å². The molecule has 0 amide bonds. The zero-order chi connectivity index (χ0) is 20.7. The van der Waals surface area contributed by atoms with Crippen LogP contribution in [0.1, 0.15) is 39.5 Å². The minimum atomic E-state index is 0.528. The molecule has 0 fully saturated rings. The second-order valence-electron chi connectivity index (χ2n) is 7.73. The zero-order valence-electron chi connectivity index (χ0n) is 17.5. The summed E-state index contributed by atoms with van der Waals surface area (Å²) < 4.78 is 2.25. The molecule has 0 bridgehead atoms. The van der Waals surface area contributed by atoms with Gasteiger partial charge >= 0.3 is 0 Å². The van der Waals surface area contributed by atoms with Gasteiger partial charge in [0.05, 0.1) is 16.6 Å². The van der Waals surface area contributed by atoms with Crippen molar-refractivity contribution in [3.8, 4) is 11.8 Å². The summed E-state index contributed by atoms with van der Waals surface area (Å²) >= 11 is 0. The fourth-order valence-corrected chi connectivity index (χ4v) is 3.92. The van der Waals surface area contributed by atoms with E-state index in [0.717, 1.165) is 33.5 Å². The van der Waals surface area contributed by atoms with Gasteiger partial charge in [-0.25, -0.2) is 4.98 Å². The molecule has 4 rings (SSSR count). The molecule has 0 aliphatic carbocycles. The quantitative estimate of drug-likeness (QED) is 0.446. The van der Waals surface area contributed by atoms with E-state index in [-0.39, 0.29) is 0 Å². The summed E-state index contributed by atoms with van der Waals surface area (Å²) in [6.07, 6.45) is 1.92. The number of aromatic amines is 1. The third kappa shape index (κ3) is 3.36. The van der Waals surface area contributed by atoms with Gasteiger partial charge in [-0.15, -0.1) is 0 Å². The van der Waals surface area contributed by atoms with E-state index in [2.05, 4.69) is 72.6 Å². The number of hydrogen-bond donors (Lipinski definition) is 1. The van der Waals surface area contributed by atoms with Gasteiger partial charge in [-0.05, 0) is 81.7 Å². The molecule has 2 aromatic heterocycles. The molecule has 0 saturated carbocycles. The summed E-state index contributed by atoms with van der Waals surface area (Å²) in [4.78, 5) is 7.90. The number of imidazole rings is 1. The average Bonchev–Trinajstić information content (AvgIpc) is 3.20. The van der Waals surface area contributed by atoms with E-state index in [4.69, 9.17) is 0 Å². The number of nitriles is 1. The van der Waals surface area contributed by atoms with Crippen LogP contribution in [0.2, 0.25) is 0 Å². The lowest BCUT2D eigenvalue weighted by Gasteiger charge is -2.13. The first-order chi connectivity index (χ1) is 13.9. The van der Waals surface area contributed by atoms with Crippen LogP contribution in [0, 0.1) is 45.9 Å². The maximum Gasteiger partial charge on any atom is 0.149 e. The number of benzene rings is 2. The Kier molecular flexibility index (Phi) is 4.60. The molecule has 2 heterocycles. The van der Waals surface area contributed by atoms with E-state index in [1.165, 1.54) is 16.8 Å². The first-order valence-electron chi connectivity index (χ1n) is 9.72. The van der Waals surface area contributed by atoms with E-state index in [9.17, 15) is 5.26 Å². The number of aromatic nitrogens is 3. The van der Waals surface area contributed by atoms with Crippen molar-refractivity contribution in [2.45, 2.75) is 34.6 Å². The molecule has 0 aliphatic rings. The molecule has 29 heavy (non-hydrogen) atoms. The molecule has 0 aliphatic heterocycles. The largest absolute Gasteiger partial charge is 0.337 e. The highest BCUT2D eigenvalue weighted by molar-refractivity contribution is 5.91. The molecule has 0 spiro atoms. The molecule has 4 aromatic rings. The van der Waals surface area contributed by atoms with Crippen LogP contribution in [0.25, 0.3) is 28.4 Å². The van der Waals surface area contributed by atoms with E-state index in [1.807, 2.05) is 31.2 Å². The maximum atomic E-state index is 9.79. The van der Waals surface area contributed by atoms with Crippen LogP contribution in [0.3, 0.4) is 0 Å². The minimum Gasteiger partial charge on any atom is -0.337 e. The van der Waals surface area contributed by atoms with Crippen LogP contribution in [-0.2, 0) is 0 Å². The van der Waals surface area contributed by atoms with E-state index in [1.54, 1.807) is 0 Å². The van der Waals surface area contributed by atoms with Gasteiger partial charge in [0.15, 0.2) is 0 Å². The number of hydrogen-bond acceptors (Lipinski definition) is 2. The van der Waals surface area contributed by atoms with Crippen LogP contribution < -0.4 is 0 Å². The Balaban J connectivity index is 1.81. The Bertz CT molecular complexity index is 1310. The summed E-state index contributed by atoms with van der Waals surface area (Å²) in [6, 6.07) is 17.0. The van der Waals surface area contributed by atoms with Crippen molar-refractivity contribution in [2.24, 2.45) is 0 Å². The standard InChI is InChI=1S/C25H24N4/c1-15-7-9-24(17(3)10-15)29-18(4)12-20(19(29)5)13-21(14-26)25-27-22-8-6-16(2)11-23(22)28-25/h6-13H,1-5H3,(H,27,28). The highest BCUT2D eigenvalue weighted by atomic mass is 15.0. The molecule has 1 N–H and O–H groups in total. The Morgan fingerprint density at radius 2 is 1.72 bits per heavy atom. The third-order valence-corrected chi connectivity index (χ3v) is 5.38. The van der Waals surface area contributed by atoms with Crippen molar-refractivity contribution < 1.29 is 0 Å². The van der Waals surface area contributed by atoms with E-state index in [0.29, 0.717) is 11.4 Å². The molecular formula is C25H24N4. The van der Waals surface area contributed by atoms with Gasteiger partial charge in [0.2, 0.25) is 0 Å². The van der Waals surface area contributed by atoms with Crippen molar-refractivity contribution in [2.75, 3.05) is 0 Å². The Labute approximate surface area is 171 Å². The highest BCUT2D eigenvalue weighted by Gasteiger charge is 2.14. The van der Waals surface area contributed by atoms with Crippen molar-refractivity contribution in [1.29, 1.82) is 5.26 Å². The molecule has 4 heteroatoms. The molecule has 4 nitrogen and oxygen atoms in total. The van der Waals surface area contributed by atoms with Gasteiger partial charge in [-0.3, -0.25) is 0 Å². The number of aryl methyl sites for hydroxylation is 4. The Morgan fingerprint density at radius 1 is 1.00 bits per heavy atom. The SMILES string of the molecule is Cc1ccc(-n2c(C)cc(C=C(C#N)c3nc4ccc(C)cc4[nH]3)c2C)c(C)c1. The molecular weight excluding hydrogens is 356 g/mol. The molecule has 0 saturated heterocycles. The fraction of sp³-hybridized carbons (Fsp3) is 0.200. The van der Waals surface area contributed by atoms with Gasteiger partial charge in [0, 0.05) is 17.1 Å². The molecule has 0 radical (unpaired) electrons. The van der Waals surface area contributed by atoms with Crippen LogP contribution >= 0.6 is 0 Å². The Hall–Kier alpha value is -3.58. The van der Waals surface area contributed by atoms with Gasteiger partial charge in [0.1, 0.15) is 11.9 Å². The summed E-state index contributed by atoms with van der Waals surface area (Å²) in [5.41, 5.74) is 10.4. The van der Waals surface area contributed by atoms with E-state index < -0.39 is 0 Å². The minimum absolute atomic E-state index is 0.528. The summed E-state index contributed by atoms with van der Waals surface area (Å²) in [6.45, 7) is 10.5. The Morgan fingerprint density at radius 3 is 2.45 bits per heavy atom. The van der Waals surface area contributed by atoms with Gasteiger partial charge in [0.25, 0.3) is 0 Å². The third-order valence-electron chi connectivity index (χ3n) is 5.38. The first-order valence-corrected chi connectivity index (χ1v) is 9.72. The topological polar surface area (TPSA) is 57.4 Å². The number of allylic oxidation sites excluding steroid dienone is 1. The highest BCUT2D eigenvalue weighted by Crippen LogP contribution is 2.27. The zero-order valence-corrected chi connectivity index (χ0v) is 17.5. The van der Waals surface area contributed by atoms with Crippen molar-refractivity contribution in [3.05, 3.63) is 81.9 Å². The van der Waals surface area contributed by atoms with Crippen molar-refractivity contribution in [3.63, 3.8) is 0 Å². The smallest absolute Gasteiger partial charge is 0.149 e. The first kappa shape index (κ1) is 18.8.